The molecule has 0 spiro atoms. The summed E-state index contributed by atoms with van der Waals surface area (Å²) in [6.07, 6.45) is 3.32. The Morgan fingerprint density at radius 2 is 1.95 bits per heavy atom. The third-order valence-corrected chi connectivity index (χ3v) is 3.31. The van der Waals surface area contributed by atoms with E-state index in [1.807, 2.05) is 24.0 Å². The Morgan fingerprint density at radius 1 is 1.16 bits per heavy atom. The highest BCUT2D eigenvalue weighted by atomic mass is 35.5. The lowest BCUT2D eigenvalue weighted by atomic mass is 10.2. The summed E-state index contributed by atoms with van der Waals surface area (Å²) in [4.78, 5) is 14.9. The van der Waals surface area contributed by atoms with Gasteiger partial charge in [0.15, 0.2) is 5.82 Å². The quantitative estimate of drug-likeness (QED) is 0.801. The first kappa shape index (κ1) is 12.4. The first-order chi connectivity index (χ1) is 9.15. The molecule has 0 N–H and O–H groups in total. The SMILES string of the molecule is Cc1nccnc1N1CC(Cl)=Nc2ccc(Cl)cc21. The predicted octanol–water partition coefficient (Wildman–Crippen LogP) is 3.86. The summed E-state index contributed by atoms with van der Waals surface area (Å²) in [6.45, 7) is 2.38. The molecule has 0 saturated carbocycles. The standard InChI is InChI=1S/C13H10Cl2N4/c1-8-13(17-5-4-16-8)19-7-12(15)18-10-3-2-9(14)6-11(10)19/h2-6H,7H2,1H3. The highest BCUT2D eigenvalue weighted by Gasteiger charge is 2.22. The summed E-state index contributed by atoms with van der Waals surface area (Å²) in [5.74, 6) is 0.763. The molecule has 0 atom stereocenters. The number of rotatable bonds is 1. The second kappa shape index (κ2) is 4.79. The Bertz CT molecular complexity index is 669. The highest BCUT2D eigenvalue weighted by molar-refractivity contribution is 6.66. The van der Waals surface area contributed by atoms with Gasteiger partial charge in [0.1, 0.15) is 5.17 Å². The Kier molecular flexibility index (Phi) is 3.12. The van der Waals surface area contributed by atoms with Crippen LogP contribution in [0.4, 0.5) is 17.2 Å². The minimum absolute atomic E-state index is 0.467. The monoisotopic (exact) mass is 292 g/mol. The van der Waals surface area contributed by atoms with Gasteiger partial charge in [-0.3, -0.25) is 4.98 Å². The minimum Gasteiger partial charge on any atom is -0.316 e. The predicted molar refractivity (Wildman–Crippen MR) is 78.2 cm³/mol. The van der Waals surface area contributed by atoms with Crippen LogP contribution in [0, 0.1) is 6.92 Å². The summed E-state index contributed by atoms with van der Waals surface area (Å²) >= 11 is 12.2. The van der Waals surface area contributed by atoms with E-state index in [9.17, 15) is 0 Å². The molecule has 1 aliphatic heterocycles. The van der Waals surface area contributed by atoms with Crippen LogP contribution in [0.5, 0.6) is 0 Å². The van der Waals surface area contributed by atoms with Crippen molar-refractivity contribution in [3.8, 4) is 0 Å². The van der Waals surface area contributed by atoms with Crippen LogP contribution in [0.25, 0.3) is 0 Å². The number of anilines is 2. The molecule has 1 aromatic heterocycles. The number of fused-ring (bicyclic) bond motifs is 1. The van der Waals surface area contributed by atoms with Crippen LogP contribution in [0.15, 0.2) is 35.6 Å². The van der Waals surface area contributed by atoms with E-state index < -0.39 is 0 Å². The van der Waals surface area contributed by atoms with Gasteiger partial charge in [0.05, 0.1) is 23.6 Å². The summed E-state index contributed by atoms with van der Waals surface area (Å²) in [6, 6.07) is 5.50. The molecule has 0 aliphatic carbocycles. The zero-order valence-corrected chi connectivity index (χ0v) is 11.7. The number of aromatic nitrogens is 2. The Labute approximate surface area is 120 Å². The number of aliphatic imine (C=N–C) groups is 1. The van der Waals surface area contributed by atoms with Gasteiger partial charge in [-0.2, -0.15) is 0 Å². The molecule has 19 heavy (non-hydrogen) atoms. The molecular formula is C13H10Cl2N4. The number of hydrogen-bond donors (Lipinski definition) is 0. The average molecular weight is 293 g/mol. The molecule has 0 fully saturated rings. The smallest absolute Gasteiger partial charge is 0.154 e. The van der Waals surface area contributed by atoms with Crippen LogP contribution >= 0.6 is 23.2 Å². The molecule has 0 unspecified atom stereocenters. The van der Waals surface area contributed by atoms with Gasteiger partial charge in [0.2, 0.25) is 0 Å². The molecule has 96 valence electrons. The van der Waals surface area contributed by atoms with Crippen molar-refractivity contribution in [3.05, 3.63) is 41.3 Å². The topological polar surface area (TPSA) is 41.4 Å². The molecule has 2 heterocycles. The van der Waals surface area contributed by atoms with Crippen LogP contribution in [-0.4, -0.2) is 21.7 Å². The molecule has 0 amide bonds. The van der Waals surface area contributed by atoms with Gasteiger partial charge in [-0.05, 0) is 25.1 Å². The second-order valence-corrected chi connectivity index (χ2v) is 5.05. The van der Waals surface area contributed by atoms with Crippen molar-refractivity contribution in [2.24, 2.45) is 4.99 Å². The van der Waals surface area contributed by atoms with Crippen LogP contribution in [0.3, 0.4) is 0 Å². The van der Waals surface area contributed by atoms with Crippen molar-refractivity contribution >= 4 is 45.6 Å². The van der Waals surface area contributed by atoms with Crippen molar-refractivity contribution in [1.29, 1.82) is 0 Å². The fourth-order valence-corrected chi connectivity index (χ4v) is 2.42. The van der Waals surface area contributed by atoms with E-state index in [-0.39, 0.29) is 0 Å². The van der Waals surface area contributed by atoms with Gasteiger partial charge in [-0.25, -0.2) is 9.98 Å². The number of hydrogen-bond acceptors (Lipinski definition) is 4. The fourth-order valence-electron chi connectivity index (χ4n) is 2.04. The number of benzene rings is 1. The Hall–Kier alpha value is -1.65. The van der Waals surface area contributed by atoms with Crippen LogP contribution in [0.1, 0.15) is 5.69 Å². The van der Waals surface area contributed by atoms with Gasteiger partial charge in [-0.1, -0.05) is 23.2 Å². The summed E-state index contributed by atoms with van der Waals surface area (Å²) in [5, 5.41) is 1.17. The lowest BCUT2D eigenvalue weighted by molar-refractivity contribution is 1.00. The van der Waals surface area contributed by atoms with Gasteiger partial charge in [0.25, 0.3) is 0 Å². The van der Waals surface area contributed by atoms with E-state index in [2.05, 4.69) is 15.0 Å². The molecule has 2 aromatic rings. The van der Waals surface area contributed by atoms with E-state index >= 15 is 0 Å². The molecule has 4 nitrogen and oxygen atoms in total. The molecule has 1 aliphatic rings. The number of aryl methyl sites for hydroxylation is 1. The first-order valence-electron chi connectivity index (χ1n) is 5.73. The van der Waals surface area contributed by atoms with E-state index in [1.54, 1.807) is 18.5 Å². The summed E-state index contributed by atoms with van der Waals surface area (Å²) in [7, 11) is 0. The summed E-state index contributed by atoms with van der Waals surface area (Å²) < 4.78 is 0. The van der Waals surface area contributed by atoms with E-state index in [0.717, 1.165) is 22.9 Å². The molecule has 0 bridgehead atoms. The Morgan fingerprint density at radius 3 is 2.74 bits per heavy atom. The van der Waals surface area contributed by atoms with Gasteiger partial charge < -0.3 is 4.90 Å². The lowest BCUT2D eigenvalue weighted by Crippen LogP contribution is -2.27. The van der Waals surface area contributed by atoms with E-state index in [4.69, 9.17) is 23.2 Å². The van der Waals surface area contributed by atoms with Crippen LogP contribution in [0.2, 0.25) is 5.02 Å². The lowest BCUT2D eigenvalue weighted by Gasteiger charge is -2.28. The molecular weight excluding hydrogens is 283 g/mol. The normalized spacial score (nSPS) is 14.1. The largest absolute Gasteiger partial charge is 0.316 e. The van der Waals surface area contributed by atoms with Crippen molar-refractivity contribution in [2.45, 2.75) is 6.92 Å². The second-order valence-electron chi connectivity index (χ2n) is 4.17. The van der Waals surface area contributed by atoms with E-state index in [1.165, 1.54) is 0 Å². The third-order valence-electron chi connectivity index (χ3n) is 2.87. The van der Waals surface area contributed by atoms with Crippen molar-refractivity contribution < 1.29 is 0 Å². The zero-order chi connectivity index (χ0) is 13.4. The van der Waals surface area contributed by atoms with Crippen LogP contribution < -0.4 is 4.90 Å². The van der Waals surface area contributed by atoms with E-state index in [0.29, 0.717) is 16.7 Å². The van der Waals surface area contributed by atoms with Gasteiger partial charge in [-0.15, -0.1) is 0 Å². The highest BCUT2D eigenvalue weighted by Crippen LogP contribution is 2.39. The maximum atomic E-state index is 6.11. The van der Waals surface area contributed by atoms with Crippen molar-refractivity contribution in [2.75, 3.05) is 11.4 Å². The average Bonchev–Trinajstić information content (AvgIpc) is 2.39. The molecule has 0 saturated heterocycles. The molecule has 3 rings (SSSR count). The van der Waals surface area contributed by atoms with Gasteiger partial charge >= 0.3 is 0 Å². The Balaban J connectivity index is 2.17. The maximum absolute atomic E-state index is 6.11. The minimum atomic E-state index is 0.467. The molecule has 0 radical (unpaired) electrons. The third kappa shape index (κ3) is 2.29. The number of halogens is 2. The summed E-state index contributed by atoms with van der Waals surface area (Å²) in [5.41, 5.74) is 2.51. The maximum Gasteiger partial charge on any atom is 0.154 e. The fraction of sp³-hybridized carbons (Fsp3) is 0.154. The van der Waals surface area contributed by atoms with Crippen molar-refractivity contribution in [3.63, 3.8) is 0 Å². The van der Waals surface area contributed by atoms with Gasteiger partial charge in [0, 0.05) is 17.4 Å². The molecule has 1 aromatic carbocycles. The zero-order valence-electron chi connectivity index (χ0n) is 10.1. The number of nitrogens with zero attached hydrogens (tertiary/aromatic N) is 4. The first-order valence-corrected chi connectivity index (χ1v) is 6.48. The molecule has 6 heteroatoms. The van der Waals surface area contributed by atoms with Crippen LogP contribution in [-0.2, 0) is 0 Å². The van der Waals surface area contributed by atoms with Crippen molar-refractivity contribution in [1.82, 2.24) is 9.97 Å².